The van der Waals surface area contributed by atoms with Gasteiger partial charge in [-0.15, -0.1) is 0 Å². The molecule has 1 saturated heterocycles. The minimum atomic E-state index is 0.0146. The number of para-hydroxylation sites is 2. The molecule has 7 heteroatoms. The summed E-state index contributed by atoms with van der Waals surface area (Å²) in [6, 6.07) is 9.68. The van der Waals surface area contributed by atoms with Crippen LogP contribution in [0.3, 0.4) is 0 Å². The molecule has 0 unspecified atom stereocenters. The van der Waals surface area contributed by atoms with Crippen LogP contribution in [-0.2, 0) is 6.54 Å². The molecular weight excluding hydrogens is 330 g/mol. The van der Waals surface area contributed by atoms with Gasteiger partial charge in [-0.2, -0.15) is 10.2 Å². The molecular formula is C19H21N5O2. The Hall–Kier alpha value is -3.09. The number of ether oxygens (including phenoxy) is 1. The van der Waals surface area contributed by atoms with Gasteiger partial charge in [-0.05, 0) is 31.0 Å². The Bertz CT molecular complexity index is 887. The number of carbonyl (C=O) groups excluding carboxylic acids is 1. The highest BCUT2D eigenvalue weighted by Gasteiger charge is 2.30. The second-order valence-electron chi connectivity index (χ2n) is 6.37. The molecule has 1 aliphatic heterocycles. The molecule has 3 aromatic rings. The summed E-state index contributed by atoms with van der Waals surface area (Å²) < 4.78 is 8.95. The summed E-state index contributed by atoms with van der Waals surface area (Å²) in [6.07, 6.45) is 9.09. The van der Waals surface area contributed by atoms with Crippen LogP contribution in [-0.4, -0.2) is 50.1 Å². The number of likely N-dealkylation sites (tertiary alicyclic amines) is 1. The van der Waals surface area contributed by atoms with Crippen molar-refractivity contribution in [1.29, 1.82) is 0 Å². The summed E-state index contributed by atoms with van der Waals surface area (Å²) in [5.41, 5.74) is 1.40. The standard InChI is InChI=1S/C19H21N5O2/c1-26-18-8-3-2-7-17(18)24-13-15(12-21-24)19(25)23-11-4-6-16(23)14-22-10-5-9-20-22/h2-3,5,7-10,12-13,16H,4,6,11,14H2,1H3/t16-/m1/s1. The largest absolute Gasteiger partial charge is 0.494 e. The number of carbonyl (C=O) groups is 1. The van der Waals surface area contributed by atoms with E-state index in [1.165, 1.54) is 0 Å². The fraction of sp³-hybridized carbons (Fsp3) is 0.316. The highest BCUT2D eigenvalue weighted by atomic mass is 16.5. The molecule has 1 amide bonds. The van der Waals surface area contributed by atoms with Crippen molar-refractivity contribution in [1.82, 2.24) is 24.5 Å². The third kappa shape index (κ3) is 3.08. The van der Waals surface area contributed by atoms with Gasteiger partial charge in [-0.3, -0.25) is 9.48 Å². The number of hydrogen-bond acceptors (Lipinski definition) is 4. The predicted molar refractivity (Wildman–Crippen MR) is 96.4 cm³/mol. The first-order valence-corrected chi connectivity index (χ1v) is 8.73. The molecule has 1 atom stereocenters. The van der Waals surface area contributed by atoms with E-state index in [4.69, 9.17) is 4.74 Å². The average Bonchev–Trinajstić information content (AvgIpc) is 3.43. The molecule has 0 saturated carbocycles. The molecule has 134 valence electrons. The van der Waals surface area contributed by atoms with Crippen molar-refractivity contribution >= 4 is 5.91 Å². The van der Waals surface area contributed by atoms with Crippen LogP contribution in [0, 0.1) is 0 Å². The minimum absolute atomic E-state index is 0.0146. The van der Waals surface area contributed by atoms with Crippen molar-refractivity contribution in [2.75, 3.05) is 13.7 Å². The molecule has 3 heterocycles. The number of nitrogens with zero attached hydrogens (tertiary/aromatic N) is 5. The second kappa shape index (κ2) is 7.03. The summed E-state index contributed by atoms with van der Waals surface area (Å²) in [6.45, 7) is 1.49. The van der Waals surface area contributed by atoms with Crippen molar-refractivity contribution < 1.29 is 9.53 Å². The van der Waals surface area contributed by atoms with Gasteiger partial charge in [-0.1, -0.05) is 12.1 Å². The Labute approximate surface area is 151 Å². The summed E-state index contributed by atoms with van der Waals surface area (Å²) in [7, 11) is 1.62. The molecule has 7 nitrogen and oxygen atoms in total. The van der Waals surface area contributed by atoms with Gasteiger partial charge in [0.1, 0.15) is 11.4 Å². The molecule has 1 aliphatic rings. The molecule has 4 rings (SSSR count). The first-order valence-electron chi connectivity index (χ1n) is 8.73. The number of hydrogen-bond donors (Lipinski definition) is 0. The summed E-state index contributed by atoms with van der Waals surface area (Å²) >= 11 is 0. The van der Waals surface area contributed by atoms with Crippen LogP contribution < -0.4 is 4.74 Å². The van der Waals surface area contributed by atoms with Gasteiger partial charge in [0.05, 0.1) is 31.5 Å². The fourth-order valence-electron chi connectivity index (χ4n) is 3.47. The summed E-state index contributed by atoms with van der Waals surface area (Å²) in [4.78, 5) is 14.9. The lowest BCUT2D eigenvalue weighted by Crippen LogP contribution is -2.38. The van der Waals surface area contributed by atoms with Gasteiger partial charge >= 0.3 is 0 Å². The van der Waals surface area contributed by atoms with Gasteiger partial charge < -0.3 is 9.64 Å². The molecule has 0 aliphatic carbocycles. The van der Waals surface area contributed by atoms with Crippen molar-refractivity contribution in [2.45, 2.75) is 25.4 Å². The van der Waals surface area contributed by atoms with Crippen LogP contribution in [0.15, 0.2) is 55.1 Å². The highest BCUT2D eigenvalue weighted by Crippen LogP contribution is 2.24. The minimum Gasteiger partial charge on any atom is -0.494 e. The molecule has 2 aromatic heterocycles. The Kier molecular flexibility index (Phi) is 4.43. The quantitative estimate of drug-likeness (QED) is 0.708. The molecule has 26 heavy (non-hydrogen) atoms. The lowest BCUT2D eigenvalue weighted by Gasteiger charge is -2.24. The number of amides is 1. The van der Waals surface area contributed by atoms with Crippen molar-refractivity contribution in [3.05, 3.63) is 60.7 Å². The van der Waals surface area contributed by atoms with E-state index >= 15 is 0 Å². The van der Waals surface area contributed by atoms with Crippen molar-refractivity contribution in [3.8, 4) is 11.4 Å². The summed E-state index contributed by atoms with van der Waals surface area (Å²) in [5.74, 6) is 0.730. The van der Waals surface area contributed by atoms with Crippen LogP contribution in [0.1, 0.15) is 23.2 Å². The first-order chi connectivity index (χ1) is 12.8. The summed E-state index contributed by atoms with van der Waals surface area (Å²) in [5, 5.41) is 8.62. The average molecular weight is 351 g/mol. The van der Waals surface area contributed by atoms with Gasteiger partial charge in [-0.25, -0.2) is 4.68 Å². The maximum atomic E-state index is 13.0. The number of methoxy groups -OCH3 is 1. The van der Waals surface area contributed by atoms with E-state index in [1.807, 2.05) is 46.1 Å². The van der Waals surface area contributed by atoms with E-state index in [9.17, 15) is 4.79 Å². The zero-order valence-corrected chi connectivity index (χ0v) is 14.7. The first kappa shape index (κ1) is 16.4. The van der Waals surface area contributed by atoms with Gasteiger partial charge in [0.2, 0.25) is 0 Å². The van der Waals surface area contributed by atoms with Gasteiger partial charge in [0, 0.05) is 25.1 Å². The van der Waals surface area contributed by atoms with Gasteiger partial charge in [0.15, 0.2) is 0 Å². The number of rotatable bonds is 5. The Balaban J connectivity index is 1.54. The zero-order chi connectivity index (χ0) is 17.9. The molecule has 0 spiro atoms. The Morgan fingerprint density at radius 2 is 2.15 bits per heavy atom. The zero-order valence-electron chi connectivity index (χ0n) is 14.7. The predicted octanol–water partition coefficient (Wildman–Crippen LogP) is 2.38. The van der Waals surface area contributed by atoms with E-state index in [2.05, 4.69) is 10.2 Å². The molecule has 0 radical (unpaired) electrons. The SMILES string of the molecule is COc1ccccc1-n1cc(C(=O)N2CCC[C@@H]2Cn2cccn2)cn1. The molecule has 1 aromatic carbocycles. The van der Waals surface area contributed by atoms with E-state index < -0.39 is 0 Å². The maximum Gasteiger partial charge on any atom is 0.257 e. The van der Waals surface area contributed by atoms with Crippen LogP contribution in [0.25, 0.3) is 5.69 Å². The lowest BCUT2D eigenvalue weighted by molar-refractivity contribution is 0.0721. The normalized spacial score (nSPS) is 16.8. The molecule has 0 N–H and O–H groups in total. The maximum absolute atomic E-state index is 13.0. The fourth-order valence-corrected chi connectivity index (χ4v) is 3.47. The number of benzene rings is 1. The third-order valence-electron chi connectivity index (χ3n) is 4.76. The van der Waals surface area contributed by atoms with Crippen molar-refractivity contribution in [3.63, 3.8) is 0 Å². The van der Waals surface area contributed by atoms with E-state index in [1.54, 1.807) is 30.4 Å². The molecule has 1 fully saturated rings. The van der Waals surface area contributed by atoms with E-state index in [0.29, 0.717) is 11.3 Å². The third-order valence-corrected chi connectivity index (χ3v) is 4.76. The highest BCUT2D eigenvalue weighted by molar-refractivity contribution is 5.94. The van der Waals surface area contributed by atoms with Crippen LogP contribution in [0.5, 0.6) is 5.75 Å². The smallest absolute Gasteiger partial charge is 0.257 e. The lowest BCUT2D eigenvalue weighted by atomic mass is 10.2. The number of aromatic nitrogens is 4. The molecule has 0 bridgehead atoms. The Morgan fingerprint density at radius 3 is 2.96 bits per heavy atom. The topological polar surface area (TPSA) is 65.2 Å². The van der Waals surface area contributed by atoms with E-state index in [0.717, 1.165) is 31.6 Å². The monoisotopic (exact) mass is 351 g/mol. The van der Waals surface area contributed by atoms with Crippen LogP contribution in [0.4, 0.5) is 0 Å². The Morgan fingerprint density at radius 1 is 1.27 bits per heavy atom. The van der Waals surface area contributed by atoms with E-state index in [-0.39, 0.29) is 11.9 Å². The van der Waals surface area contributed by atoms with Crippen LogP contribution in [0.2, 0.25) is 0 Å². The van der Waals surface area contributed by atoms with Crippen LogP contribution >= 0.6 is 0 Å². The van der Waals surface area contributed by atoms with Crippen molar-refractivity contribution in [2.24, 2.45) is 0 Å². The second-order valence-corrected chi connectivity index (χ2v) is 6.37. The van der Waals surface area contributed by atoms with Gasteiger partial charge in [0.25, 0.3) is 5.91 Å².